The second-order valence-corrected chi connectivity index (χ2v) is 5.07. The lowest BCUT2D eigenvalue weighted by atomic mass is 9.97. The molecule has 0 radical (unpaired) electrons. The first kappa shape index (κ1) is 16.8. The standard InChI is InChI=1S/C14H16ClN3O.ClH/c15-13-7-10(8-16)1-2-12(13)9-18-14(19)11-3-5-17-6-4-11;/h1-2,7,11,17H,3-6,9H2,(H,18,19);1H. The van der Waals surface area contributed by atoms with E-state index >= 15 is 0 Å². The Labute approximate surface area is 129 Å². The summed E-state index contributed by atoms with van der Waals surface area (Å²) in [6, 6.07) is 7.14. The van der Waals surface area contributed by atoms with Crippen LogP contribution >= 0.6 is 24.0 Å². The van der Waals surface area contributed by atoms with E-state index in [1.165, 1.54) is 0 Å². The third-order valence-corrected chi connectivity index (χ3v) is 3.70. The summed E-state index contributed by atoms with van der Waals surface area (Å²) >= 11 is 6.06. The highest BCUT2D eigenvalue weighted by Gasteiger charge is 2.20. The number of piperidine rings is 1. The molecule has 2 N–H and O–H groups in total. The number of amides is 1. The summed E-state index contributed by atoms with van der Waals surface area (Å²) in [5.74, 6) is 0.181. The van der Waals surface area contributed by atoms with E-state index in [2.05, 4.69) is 10.6 Å². The van der Waals surface area contributed by atoms with Gasteiger partial charge in [-0.15, -0.1) is 12.4 Å². The van der Waals surface area contributed by atoms with Crippen molar-refractivity contribution < 1.29 is 4.79 Å². The second-order valence-electron chi connectivity index (χ2n) is 4.66. The van der Waals surface area contributed by atoms with Gasteiger partial charge in [-0.25, -0.2) is 0 Å². The highest BCUT2D eigenvalue weighted by Crippen LogP contribution is 2.18. The van der Waals surface area contributed by atoms with Gasteiger partial charge in [0, 0.05) is 17.5 Å². The van der Waals surface area contributed by atoms with Crippen molar-refractivity contribution in [2.45, 2.75) is 19.4 Å². The lowest BCUT2D eigenvalue weighted by Gasteiger charge is -2.21. The van der Waals surface area contributed by atoms with E-state index in [1.807, 2.05) is 6.07 Å². The first-order chi connectivity index (χ1) is 9.20. The normalized spacial score (nSPS) is 15.0. The molecule has 2 rings (SSSR count). The summed E-state index contributed by atoms with van der Waals surface area (Å²) in [6.45, 7) is 2.21. The molecule has 0 atom stereocenters. The molecule has 0 bridgehead atoms. The van der Waals surface area contributed by atoms with Gasteiger partial charge >= 0.3 is 0 Å². The molecule has 4 nitrogen and oxygen atoms in total. The zero-order chi connectivity index (χ0) is 13.7. The van der Waals surface area contributed by atoms with E-state index < -0.39 is 0 Å². The monoisotopic (exact) mass is 313 g/mol. The van der Waals surface area contributed by atoms with E-state index in [9.17, 15) is 4.79 Å². The van der Waals surface area contributed by atoms with Crippen molar-refractivity contribution in [3.8, 4) is 6.07 Å². The molecule has 0 saturated carbocycles. The molecule has 0 aromatic heterocycles. The molecule has 1 aromatic carbocycles. The van der Waals surface area contributed by atoms with Crippen LogP contribution in [0, 0.1) is 17.2 Å². The molecule has 0 unspecified atom stereocenters. The van der Waals surface area contributed by atoms with Gasteiger partial charge in [0.2, 0.25) is 5.91 Å². The van der Waals surface area contributed by atoms with Crippen LogP contribution in [-0.4, -0.2) is 19.0 Å². The summed E-state index contributed by atoms with van der Waals surface area (Å²) in [5.41, 5.74) is 1.36. The molecule has 20 heavy (non-hydrogen) atoms. The smallest absolute Gasteiger partial charge is 0.223 e. The molecule has 0 spiro atoms. The Kier molecular flexibility index (Phi) is 6.80. The fourth-order valence-electron chi connectivity index (χ4n) is 2.17. The fourth-order valence-corrected chi connectivity index (χ4v) is 2.42. The zero-order valence-corrected chi connectivity index (χ0v) is 12.6. The fraction of sp³-hybridized carbons (Fsp3) is 0.429. The number of hydrogen-bond donors (Lipinski definition) is 2. The maximum atomic E-state index is 12.0. The van der Waals surface area contributed by atoms with Crippen LogP contribution < -0.4 is 10.6 Å². The van der Waals surface area contributed by atoms with Crippen molar-refractivity contribution >= 4 is 29.9 Å². The van der Waals surface area contributed by atoms with E-state index in [0.717, 1.165) is 31.5 Å². The number of hydrogen-bond acceptors (Lipinski definition) is 3. The molecule has 1 heterocycles. The highest BCUT2D eigenvalue weighted by atomic mass is 35.5. The minimum absolute atomic E-state index is 0. The molecular weight excluding hydrogens is 297 g/mol. The number of carbonyl (C=O) groups excluding carboxylic acids is 1. The average molecular weight is 314 g/mol. The van der Waals surface area contributed by atoms with Crippen molar-refractivity contribution in [3.05, 3.63) is 34.3 Å². The van der Waals surface area contributed by atoms with Crippen molar-refractivity contribution in [3.63, 3.8) is 0 Å². The van der Waals surface area contributed by atoms with Crippen molar-refractivity contribution in [1.29, 1.82) is 5.26 Å². The average Bonchev–Trinajstić information content (AvgIpc) is 2.46. The van der Waals surface area contributed by atoms with Crippen LogP contribution in [0.5, 0.6) is 0 Å². The van der Waals surface area contributed by atoms with Gasteiger partial charge in [0.05, 0.1) is 11.6 Å². The Morgan fingerprint density at radius 2 is 2.15 bits per heavy atom. The summed E-state index contributed by atoms with van der Waals surface area (Å²) < 4.78 is 0. The Hall–Kier alpha value is -1.28. The number of benzene rings is 1. The van der Waals surface area contributed by atoms with Crippen LogP contribution in [0.25, 0.3) is 0 Å². The van der Waals surface area contributed by atoms with Crippen LogP contribution in [0.1, 0.15) is 24.0 Å². The molecule has 1 saturated heterocycles. The first-order valence-corrected chi connectivity index (χ1v) is 6.75. The third kappa shape index (κ3) is 4.38. The molecule has 1 aliphatic rings. The lowest BCUT2D eigenvalue weighted by Crippen LogP contribution is -2.37. The minimum Gasteiger partial charge on any atom is -0.352 e. The first-order valence-electron chi connectivity index (χ1n) is 6.37. The van der Waals surface area contributed by atoms with E-state index in [-0.39, 0.29) is 24.2 Å². The molecule has 1 amide bonds. The van der Waals surface area contributed by atoms with Gasteiger partial charge in [-0.1, -0.05) is 17.7 Å². The summed E-state index contributed by atoms with van der Waals surface area (Å²) in [7, 11) is 0. The van der Waals surface area contributed by atoms with E-state index in [1.54, 1.807) is 18.2 Å². The Balaban J connectivity index is 0.00000200. The molecule has 1 aliphatic heterocycles. The topological polar surface area (TPSA) is 64.9 Å². The predicted octanol–water partition coefficient (Wildman–Crippen LogP) is 2.25. The van der Waals surface area contributed by atoms with Gasteiger partial charge in [-0.3, -0.25) is 4.79 Å². The SMILES string of the molecule is Cl.N#Cc1ccc(CNC(=O)C2CCNCC2)c(Cl)c1. The third-order valence-electron chi connectivity index (χ3n) is 3.35. The summed E-state index contributed by atoms with van der Waals surface area (Å²) in [6.07, 6.45) is 1.76. The number of rotatable bonds is 3. The number of nitrogens with zero attached hydrogens (tertiary/aromatic N) is 1. The molecule has 0 aliphatic carbocycles. The number of nitriles is 1. The van der Waals surface area contributed by atoms with Crippen molar-refractivity contribution in [1.82, 2.24) is 10.6 Å². The van der Waals surface area contributed by atoms with Gasteiger partial charge < -0.3 is 10.6 Å². The number of carbonyl (C=O) groups is 1. The molecule has 108 valence electrons. The number of nitrogens with one attached hydrogen (secondary N) is 2. The van der Waals surface area contributed by atoms with Crippen LogP contribution in [0.3, 0.4) is 0 Å². The summed E-state index contributed by atoms with van der Waals surface area (Å²) in [4.78, 5) is 12.0. The van der Waals surface area contributed by atoms with Gasteiger partial charge in [0.15, 0.2) is 0 Å². The van der Waals surface area contributed by atoms with Crippen LogP contribution in [0.15, 0.2) is 18.2 Å². The molecule has 1 aromatic rings. The maximum Gasteiger partial charge on any atom is 0.223 e. The highest BCUT2D eigenvalue weighted by molar-refractivity contribution is 6.31. The summed E-state index contributed by atoms with van der Waals surface area (Å²) in [5, 5.41) is 15.4. The molecular formula is C14H17Cl2N3O. The Morgan fingerprint density at radius 1 is 1.45 bits per heavy atom. The largest absolute Gasteiger partial charge is 0.352 e. The second kappa shape index (κ2) is 8.11. The van der Waals surface area contributed by atoms with Gasteiger partial charge in [0.1, 0.15) is 0 Å². The van der Waals surface area contributed by atoms with Crippen LogP contribution in [0.4, 0.5) is 0 Å². The van der Waals surface area contributed by atoms with Crippen molar-refractivity contribution in [2.75, 3.05) is 13.1 Å². The van der Waals surface area contributed by atoms with Crippen LogP contribution in [-0.2, 0) is 11.3 Å². The predicted molar refractivity (Wildman–Crippen MR) is 80.9 cm³/mol. The quantitative estimate of drug-likeness (QED) is 0.899. The van der Waals surface area contributed by atoms with Crippen LogP contribution in [0.2, 0.25) is 5.02 Å². The van der Waals surface area contributed by atoms with E-state index in [4.69, 9.17) is 16.9 Å². The van der Waals surface area contributed by atoms with Gasteiger partial charge in [-0.05, 0) is 43.6 Å². The lowest BCUT2D eigenvalue weighted by molar-refractivity contribution is -0.125. The minimum atomic E-state index is 0. The Morgan fingerprint density at radius 3 is 2.75 bits per heavy atom. The Bertz CT molecular complexity index is 508. The zero-order valence-electron chi connectivity index (χ0n) is 11.0. The van der Waals surface area contributed by atoms with Gasteiger partial charge in [-0.2, -0.15) is 5.26 Å². The van der Waals surface area contributed by atoms with E-state index in [0.29, 0.717) is 17.1 Å². The van der Waals surface area contributed by atoms with Crippen molar-refractivity contribution in [2.24, 2.45) is 5.92 Å². The molecule has 6 heteroatoms. The molecule has 1 fully saturated rings. The maximum absolute atomic E-state index is 12.0. The number of halogens is 2. The van der Waals surface area contributed by atoms with Gasteiger partial charge in [0.25, 0.3) is 0 Å².